The summed E-state index contributed by atoms with van der Waals surface area (Å²) in [6.07, 6.45) is 1.79. The van der Waals surface area contributed by atoms with Crippen LogP contribution in [-0.4, -0.2) is 48.3 Å². The second-order valence-corrected chi connectivity index (χ2v) is 7.23. The fourth-order valence-corrected chi connectivity index (χ4v) is 3.21. The molecule has 140 valence electrons. The van der Waals surface area contributed by atoms with E-state index in [1.54, 1.807) is 6.20 Å². The maximum absolute atomic E-state index is 5.99. The van der Waals surface area contributed by atoms with Crippen LogP contribution in [-0.2, 0) is 17.9 Å². The van der Waals surface area contributed by atoms with Crippen LogP contribution in [0.15, 0.2) is 48.7 Å². The Bertz CT molecular complexity index is 670. The molecule has 3 rings (SSSR count). The van der Waals surface area contributed by atoms with E-state index in [2.05, 4.69) is 41.2 Å². The Morgan fingerprint density at radius 3 is 2.65 bits per heavy atom. The number of hydrogen-bond acceptors (Lipinski definition) is 5. The summed E-state index contributed by atoms with van der Waals surface area (Å²) in [6, 6.07) is 14.1. The Morgan fingerprint density at radius 2 is 1.88 bits per heavy atom. The first-order valence-corrected chi connectivity index (χ1v) is 9.29. The zero-order valence-corrected chi connectivity index (χ0v) is 15.8. The van der Waals surface area contributed by atoms with Crippen molar-refractivity contribution >= 4 is 0 Å². The molecule has 1 fully saturated rings. The molecule has 5 nitrogen and oxygen atoms in total. The molecule has 0 aliphatic carbocycles. The monoisotopic (exact) mass is 355 g/mol. The lowest BCUT2D eigenvalue weighted by Gasteiger charge is -2.41. The molecule has 2 heterocycles. The molecular weight excluding hydrogens is 326 g/mol. The molecule has 0 saturated carbocycles. The molecule has 5 heteroatoms. The van der Waals surface area contributed by atoms with Crippen LogP contribution in [0.4, 0.5) is 0 Å². The molecule has 1 aliphatic heterocycles. The van der Waals surface area contributed by atoms with E-state index in [1.807, 2.05) is 30.3 Å². The summed E-state index contributed by atoms with van der Waals surface area (Å²) in [5.74, 6) is 0.912. The van der Waals surface area contributed by atoms with Crippen LogP contribution in [0.5, 0.6) is 5.75 Å². The molecule has 2 aromatic rings. The van der Waals surface area contributed by atoms with Crippen molar-refractivity contribution in [3.8, 4) is 5.75 Å². The van der Waals surface area contributed by atoms with Gasteiger partial charge in [-0.25, -0.2) is 0 Å². The third-order valence-corrected chi connectivity index (χ3v) is 4.81. The molecule has 1 aromatic carbocycles. The minimum absolute atomic E-state index is 0.105. The number of nitrogens with one attached hydrogen (secondary N) is 1. The van der Waals surface area contributed by atoms with Gasteiger partial charge in [0.15, 0.2) is 0 Å². The first-order chi connectivity index (χ1) is 12.6. The molecule has 0 bridgehead atoms. The maximum atomic E-state index is 5.99. The van der Waals surface area contributed by atoms with E-state index < -0.39 is 0 Å². The predicted octanol–water partition coefficient (Wildman–Crippen LogP) is 2.86. The molecule has 1 aliphatic rings. The SMILES string of the molecule is CC(C)(CNCc1ccccc1OCc1ccccn1)N1CCOCC1. The number of nitrogens with zero attached hydrogens (tertiary/aromatic N) is 2. The number of aromatic nitrogens is 1. The van der Waals surface area contributed by atoms with E-state index in [-0.39, 0.29) is 5.54 Å². The number of rotatable bonds is 8. The lowest BCUT2D eigenvalue weighted by molar-refractivity contribution is -0.00968. The quantitative estimate of drug-likeness (QED) is 0.789. The molecular formula is C21H29N3O2. The first-order valence-electron chi connectivity index (χ1n) is 9.29. The number of ether oxygens (including phenoxy) is 2. The van der Waals surface area contributed by atoms with Gasteiger partial charge in [-0.1, -0.05) is 24.3 Å². The highest BCUT2D eigenvalue weighted by Crippen LogP contribution is 2.20. The summed E-state index contributed by atoms with van der Waals surface area (Å²) in [5, 5.41) is 3.60. The van der Waals surface area contributed by atoms with E-state index in [1.165, 1.54) is 5.56 Å². The smallest absolute Gasteiger partial charge is 0.130 e. The highest BCUT2D eigenvalue weighted by atomic mass is 16.5. The minimum Gasteiger partial charge on any atom is -0.487 e. The summed E-state index contributed by atoms with van der Waals surface area (Å²) < 4.78 is 11.5. The van der Waals surface area contributed by atoms with Gasteiger partial charge in [0.25, 0.3) is 0 Å². The van der Waals surface area contributed by atoms with Crippen molar-refractivity contribution in [2.75, 3.05) is 32.8 Å². The first kappa shape index (κ1) is 18.8. The molecule has 0 atom stereocenters. The maximum Gasteiger partial charge on any atom is 0.130 e. The molecule has 26 heavy (non-hydrogen) atoms. The van der Waals surface area contributed by atoms with Crippen LogP contribution < -0.4 is 10.1 Å². The van der Waals surface area contributed by atoms with Crippen LogP contribution in [0.2, 0.25) is 0 Å². The topological polar surface area (TPSA) is 46.6 Å². The third-order valence-electron chi connectivity index (χ3n) is 4.81. The standard InChI is InChI=1S/C21H29N3O2/c1-21(2,24-11-13-25-14-12-24)17-22-15-18-7-3-4-9-20(18)26-16-19-8-5-6-10-23-19/h3-10,22H,11-17H2,1-2H3. The van der Waals surface area contributed by atoms with Crippen molar-refractivity contribution in [2.24, 2.45) is 0 Å². The average Bonchev–Trinajstić information content (AvgIpc) is 2.69. The normalized spacial score (nSPS) is 15.8. The molecule has 0 radical (unpaired) electrons. The van der Waals surface area contributed by atoms with E-state index in [4.69, 9.17) is 9.47 Å². The minimum atomic E-state index is 0.105. The summed E-state index contributed by atoms with van der Waals surface area (Å²) in [7, 11) is 0. The number of benzene rings is 1. The van der Waals surface area contributed by atoms with E-state index in [0.29, 0.717) is 6.61 Å². The summed E-state index contributed by atoms with van der Waals surface area (Å²) in [4.78, 5) is 6.81. The molecule has 0 spiro atoms. The van der Waals surface area contributed by atoms with E-state index in [0.717, 1.165) is 50.8 Å². The fourth-order valence-electron chi connectivity index (χ4n) is 3.21. The van der Waals surface area contributed by atoms with E-state index in [9.17, 15) is 0 Å². The van der Waals surface area contributed by atoms with Crippen LogP contribution in [0.3, 0.4) is 0 Å². The Kier molecular flexibility index (Phi) is 6.61. The number of pyridine rings is 1. The predicted molar refractivity (Wildman–Crippen MR) is 103 cm³/mol. The van der Waals surface area contributed by atoms with Crippen molar-refractivity contribution in [3.63, 3.8) is 0 Å². The van der Waals surface area contributed by atoms with Gasteiger partial charge < -0.3 is 14.8 Å². The van der Waals surface area contributed by atoms with Gasteiger partial charge in [-0.15, -0.1) is 0 Å². The molecule has 1 aromatic heterocycles. The third kappa shape index (κ3) is 5.27. The number of hydrogen-bond donors (Lipinski definition) is 1. The molecule has 1 N–H and O–H groups in total. The van der Waals surface area contributed by atoms with Crippen LogP contribution >= 0.6 is 0 Å². The average molecular weight is 355 g/mol. The molecule has 0 unspecified atom stereocenters. The van der Waals surface area contributed by atoms with Gasteiger partial charge in [-0.2, -0.15) is 0 Å². The van der Waals surface area contributed by atoms with Crippen molar-refractivity contribution in [1.82, 2.24) is 15.2 Å². The molecule has 0 amide bonds. The lowest BCUT2D eigenvalue weighted by atomic mass is 10.0. The van der Waals surface area contributed by atoms with Crippen molar-refractivity contribution in [2.45, 2.75) is 32.5 Å². The Morgan fingerprint density at radius 1 is 1.12 bits per heavy atom. The van der Waals surface area contributed by atoms with Crippen molar-refractivity contribution < 1.29 is 9.47 Å². The lowest BCUT2D eigenvalue weighted by Crippen LogP contribution is -2.54. The zero-order chi connectivity index (χ0) is 18.2. The molecule has 1 saturated heterocycles. The summed E-state index contributed by atoms with van der Waals surface area (Å²) in [5.41, 5.74) is 2.21. The number of para-hydroxylation sites is 1. The zero-order valence-electron chi connectivity index (χ0n) is 15.8. The van der Waals surface area contributed by atoms with Crippen molar-refractivity contribution in [3.05, 3.63) is 59.9 Å². The Labute approximate surface area is 156 Å². The van der Waals surface area contributed by atoms with Gasteiger partial charge in [-0.05, 0) is 32.0 Å². The highest BCUT2D eigenvalue weighted by Gasteiger charge is 2.27. The van der Waals surface area contributed by atoms with Crippen LogP contribution in [0.25, 0.3) is 0 Å². The fraction of sp³-hybridized carbons (Fsp3) is 0.476. The highest BCUT2D eigenvalue weighted by molar-refractivity contribution is 5.33. The van der Waals surface area contributed by atoms with Gasteiger partial charge in [-0.3, -0.25) is 9.88 Å². The van der Waals surface area contributed by atoms with Gasteiger partial charge in [0.1, 0.15) is 12.4 Å². The van der Waals surface area contributed by atoms with Crippen LogP contribution in [0, 0.1) is 0 Å². The summed E-state index contributed by atoms with van der Waals surface area (Å²) >= 11 is 0. The second kappa shape index (κ2) is 9.12. The van der Waals surface area contributed by atoms with Crippen LogP contribution in [0.1, 0.15) is 25.1 Å². The second-order valence-electron chi connectivity index (χ2n) is 7.23. The largest absolute Gasteiger partial charge is 0.487 e. The van der Waals surface area contributed by atoms with Gasteiger partial charge >= 0.3 is 0 Å². The number of morpholine rings is 1. The Hall–Kier alpha value is -1.95. The van der Waals surface area contributed by atoms with E-state index >= 15 is 0 Å². The Balaban J connectivity index is 1.53. The summed E-state index contributed by atoms with van der Waals surface area (Å²) in [6.45, 7) is 10.4. The van der Waals surface area contributed by atoms with Gasteiger partial charge in [0.2, 0.25) is 0 Å². The van der Waals surface area contributed by atoms with Crippen molar-refractivity contribution in [1.29, 1.82) is 0 Å². The van der Waals surface area contributed by atoms with Gasteiger partial charge in [0.05, 0.1) is 18.9 Å². The van der Waals surface area contributed by atoms with Gasteiger partial charge in [0, 0.05) is 43.5 Å².